The quantitative estimate of drug-likeness (QED) is 0.841. The second-order valence-corrected chi connectivity index (χ2v) is 7.85. The lowest BCUT2D eigenvalue weighted by Crippen LogP contribution is -2.39. The fourth-order valence-corrected chi connectivity index (χ4v) is 4.31. The van der Waals surface area contributed by atoms with Gasteiger partial charge in [0, 0.05) is 0 Å². The first-order chi connectivity index (χ1) is 10.3. The number of nitrogens with one attached hydrogen (secondary N) is 1. The summed E-state index contributed by atoms with van der Waals surface area (Å²) in [6.07, 6.45) is 0.289. The van der Waals surface area contributed by atoms with Crippen LogP contribution in [-0.2, 0) is 19.4 Å². The van der Waals surface area contributed by atoms with Crippen molar-refractivity contribution in [3.8, 4) is 0 Å². The van der Waals surface area contributed by atoms with Crippen molar-refractivity contribution in [1.82, 2.24) is 5.32 Å². The van der Waals surface area contributed by atoms with Gasteiger partial charge in [-0.05, 0) is 18.9 Å². The van der Waals surface area contributed by atoms with Crippen LogP contribution in [0, 0.1) is 11.8 Å². The SMILES string of the molecule is CC(C(=O)O)C(NC(=O)C1CCS(=O)(=O)C1)c1ccccc1. The van der Waals surface area contributed by atoms with E-state index in [1.807, 2.05) is 0 Å². The van der Waals surface area contributed by atoms with Crippen molar-refractivity contribution >= 4 is 21.7 Å². The normalized spacial score (nSPS) is 22.7. The van der Waals surface area contributed by atoms with Crippen molar-refractivity contribution in [3.63, 3.8) is 0 Å². The van der Waals surface area contributed by atoms with Gasteiger partial charge in [-0.3, -0.25) is 9.59 Å². The largest absolute Gasteiger partial charge is 0.481 e. The summed E-state index contributed by atoms with van der Waals surface area (Å²) >= 11 is 0. The molecule has 1 aliphatic heterocycles. The van der Waals surface area contributed by atoms with E-state index < -0.39 is 39.6 Å². The number of carbonyl (C=O) groups is 2. The molecule has 3 unspecified atom stereocenters. The molecular weight excluding hydrogens is 306 g/mol. The molecule has 0 saturated carbocycles. The van der Waals surface area contributed by atoms with Crippen LogP contribution in [0.1, 0.15) is 24.9 Å². The van der Waals surface area contributed by atoms with Gasteiger partial charge < -0.3 is 10.4 Å². The first kappa shape index (κ1) is 16.5. The van der Waals surface area contributed by atoms with Gasteiger partial charge in [-0.1, -0.05) is 30.3 Å². The first-order valence-corrected chi connectivity index (χ1v) is 8.91. The predicted octanol–water partition coefficient (Wildman–Crippen LogP) is 0.999. The molecule has 1 aromatic carbocycles. The molecular formula is C15H19NO5S. The number of aliphatic carboxylic acids is 1. The molecule has 2 rings (SSSR count). The van der Waals surface area contributed by atoms with Crippen molar-refractivity contribution in [2.24, 2.45) is 11.8 Å². The van der Waals surface area contributed by atoms with Crippen LogP contribution in [0.2, 0.25) is 0 Å². The zero-order valence-electron chi connectivity index (χ0n) is 12.2. The lowest BCUT2D eigenvalue weighted by molar-refractivity contribution is -0.142. The number of amides is 1. The van der Waals surface area contributed by atoms with Gasteiger partial charge in [0.15, 0.2) is 9.84 Å². The monoisotopic (exact) mass is 325 g/mol. The minimum atomic E-state index is -3.15. The van der Waals surface area contributed by atoms with Crippen LogP contribution >= 0.6 is 0 Å². The maximum absolute atomic E-state index is 12.3. The van der Waals surface area contributed by atoms with Crippen molar-refractivity contribution in [1.29, 1.82) is 0 Å². The van der Waals surface area contributed by atoms with Gasteiger partial charge in [-0.2, -0.15) is 0 Å². The van der Waals surface area contributed by atoms with Crippen LogP contribution in [0.25, 0.3) is 0 Å². The predicted molar refractivity (Wildman–Crippen MR) is 80.9 cm³/mol. The Hall–Kier alpha value is -1.89. The van der Waals surface area contributed by atoms with Gasteiger partial charge >= 0.3 is 5.97 Å². The number of carboxylic acid groups (broad SMARTS) is 1. The van der Waals surface area contributed by atoms with E-state index in [2.05, 4.69) is 5.32 Å². The molecule has 1 saturated heterocycles. The van der Waals surface area contributed by atoms with E-state index in [4.69, 9.17) is 0 Å². The second-order valence-electron chi connectivity index (χ2n) is 5.62. The number of hydrogen-bond donors (Lipinski definition) is 2. The van der Waals surface area contributed by atoms with Crippen LogP contribution in [0.4, 0.5) is 0 Å². The highest BCUT2D eigenvalue weighted by molar-refractivity contribution is 7.91. The molecule has 1 amide bonds. The molecule has 7 heteroatoms. The molecule has 0 radical (unpaired) electrons. The number of benzene rings is 1. The van der Waals surface area contributed by atoms with Crippen LogP contribution in [0.3, 0.4) is 0 Å². The third-order valence-corrected chi connectivity index (χ3v) is 5.72. The molecule has 1 fully saturated rings. The summed E-state index contributed by atoms with van der Waals surface area (Å²) in [7, 11) is -3.15. The van der Waals surface area contributed by atoms with Gasteiger partial charge in [0.1, 0.15) is 0 Å². The Labute approximate surface area is 129 Å². The minimum Gasteiger partial charge on any atom is -0.481 e. The van der Waals surface area contributed by atoms with E-state index in [9.17, 15) is 23.1 Å². The zero-order chi connectivity index (χ0) is 16.3. The average molecular weight is 325 g/mol. The van der Waals surface area contributed by atoms with Crippen LogP contribution in [0.15, 0.2) is 30.3 Å². The number of sulfone groups is 1. The average Bonchev–Trinajstić information content (AvgIpc) is 2.85. The van der Waals surface area contributed by atoms with Gasteiger partial charge in [0.2, 0.25) is 5.91 Å². The number of carbonyl (C=O) groups excluding carboxylic acids is 1. The highest BCUT2D eigenvalue weighted by atomic mass is 32.2. The lowest BCUT2D eigenvalue weighted by atomic mass is 9.93. The summed E-state index contributed by atoms with van der Waals surface area (Å²) in [5, 5.41) is 11.9. The van der Waals surface area contributed by atoms with Crippen molar-refractivity contribution in [3.05, 3.63) is 35.9 Å². The van der Waals surface area contributed by atoms with Crippen molar-refractivity contribution in [2.45, 2.75) is 19.4 Å². The molecule has 120 valence electrons. The topological polar surface area (TPSA) is 101 Å². The van der Waals surface area contributed by atoms with Gasteiger partial charge in [0.05, 0.1) is 29.4 Å². The lowest BCUT2D eigenvalue weighted by Gasteiger charge is -2.24. The fraction of sp³-hybridized carbons (Fsp3) is 0.467. The van der Waals surface area contributed by atoms with Gasteiger partial charge in [-0.25, -0.2) is 8.42 Å². The molecule has 3 atom stereocenters. The summed E-state index contributed by atoms with van der Waals surface area (Å²) < 4.78 is 22.9. The Balaban J connectivity index is 2.17. The molecule has 1 heterocycles. The van der Waals surface area contributed by atoms with Crippen LogP contribution in [-0.4, -0.2) is 36.9 Å². The molecule has 22 heavy (non-hydrogen) atoms. The Kier molecular flexibility index (Phi) is 4.85. The highest BCUT2D eigenvalue weighted by Crippen LogP contribution is 2.25. The maximum atomic E-state index is 12.3. The van der Waals surface area contributed by atoms with Crippen molar-refractivity contribution in [2.75, 3.05) is 11.5 Å². The van der Waals surface area contributed by atoms with E-state index in [0.717, 1.165) is 0 Å². The summed E-state index contributed by atoms with van der Waals surface area (Å²) in [5.74, 6) is -2.99. The molecule has 1 aliphatic rings. The van der Waals surface area contributed by atoms with E-state index >= 15 is 0 Å². The minimum absolute atomic E-state index is 0.00950. The summed E-state index contributed by atoms with van der Waals surface area (Å²) in [6, 6.07) is 8.14. The Morgan fingerprint density at radius 1 is 1.27 bits per heavy atom. The Morgan fingerprint density at radius 3 is 2.41 bits per heavy atom. The molecule has 0 aromatic heterocycles. The molecule has 2 N–H and O–H groups in total. The zero-order valence-corrected chi connectivity index (χ0v) is 13.0. The maximum Gasteiger partial charge on any atom is 0.308 e. The van der Waals surface area contributed by atoms with E-state index in [1.165, 1.54) is 6.92 Å². The number of carboxylic acids is 1. The molecule has 1 aromatic rings. The van der Waals surface area contributed by atoms with E-state index in [0.29, 0.717) is 5.56 Å². The van der Waals surface area contributed by atoms with Crippen LogP contribution in [0.5, 0.6) is 0 Å². The molecule has 0 spiro atoms. The second kappa shape index (κ2) is 6.48. The van der Waals surface area contributed by atoms with Gasteiger partial charge in [0.25, 0.3) is 0 Å². The third-order valence-electron chi connectivity index (χ3n) is 3.95. The van der Waals surface area contributed by atoms with Gasteiger partial charge in [-0.15, -0.1) is 0 Å². The molecule has 6 nitrogen and oxygen atoms in total. The fourth-order valence-electron chi connectivity index (χ4n) is 2.57. The van der Waals surface area contributed by atoms with Crippen molar-refractivity contribution < 1.29 is 23.1 Å². The Morgan fingerprint density at radius 2 is 1.91 bits per heavy atom. The van der Waals surface area contributed by atoms with Crippen LogP contribution < -0.4 is 5.32 Å². The Bertz CT molecular complexity index is 656. The number of rotatable bonds is 5. The summed E-state index contributed by atoms with van der Waals surface area (Å²) in [6.45, 7) is 1.52. The van der Waals surface area contributed by atoms with E-state index in [-0.39, 0.29) is 17.9 Å². The first-order valence-electron chi connectivity index (χ1n) is 7.09. The standard InChI is InChI=1S/C15H19NO5S/c1-10(15(18)19)13(11-5-3-2-4-6-11)16-14(17)12-7-8-22(20,21)9-12/h2-6,10,12-13H,7-9H2,1H3,(H,16,17)(H,18,19). The summed E-state index contributed by atoms with van der Waals surface area (Å²) in [5.41, 5.74) is 0.687. The smallest absolute Gasteiger partial charge is 0.308 e. The number of hydrogen-bond acceptors (Lipinski definition) is 4. The molecule has 0 aliphatic carbocycles. The third kappa shape index (κ3) is 3.85. The van der Waals surface area contributed by atoms with E-state index in [1.54, 1.807) is 30.3 Å². The highest BCUT2D eigenvalue weighted by Gasteiger charge is 2.35. The summed E-state index contributed by atoms with van der Waals surface area (Å²) in [4.78, 5) is 23.5. The molecule has 0 bridgehead atoms.